The van der Waals surface area contributed by atoms with E-state index in [9.17, 15) is 19.2 Å². The summed E-state index contributed by atoms with van der Waals surface area (Å²) in [6.07, 6.45) is 2.87. The summed E-state index contributed by atoms with van der Waals surface area (Å²) in [6.45, 7) is 9.01. The zero-order chi connectivity index (χ0) is 14.6. The van der Waals surface area contributed by atoms with Gasteiger partial charge in [0, 0.05) is 13.8 Å². The Morgan fingerprint density at radius 3 is 1.33 bits per heavy atom. The normalized spacial score (nSPS) is 8.11. The first-order valence-electron chi connectivity index (χ1n) is 4.97. The van der Waals surface area contributed by atoms with Crippen molar-refractivity contribution < 1.29 is 28.7 Å². The Hall–Kier alpha value is -2.24. The van der Waals surface area contributed by atoms with E-state index in [0.29, 0.717) is 0 Å². The number of carbonyl (C=O) groups excluding carboxylic acids is 4. The summed E-state index contributed by atoms with van der Waals surface area (Å²) in [6, 6.07) is 0. The van der Waals surface area contributed by atoms with Crippen LogP contribution in [-0.4, -0.2) is 23.9 Å². The van der Waals surface area contributed by atoms with Gasteiger partial charge in [0.1, 0.15) is 0 Å². The summed E-state index contributed by atoms with van der Waals surface area (Å²) in [5.41, 5.74) is 0. The van der Waals surface area contributed by atoms with Crippen LogP contribution in [0.1, 0.15) is 26.7 Å². The van der Waals surface area contributed by atoms with Crippen LogP contribution < -0.4 is 0 Å². The third-order valence-corrected chi connectivity index (χ3v) is 1.14. The summed E-state index contributed by atoms with van der Waals surface area (Å²) in [5, 5.41) is 0. The van der Waals surface area contributed by atoms with Crippen LogP contribution in [0.5, 0.6) is 0 Å². The van der Waals surface area contributed by atoms with Gasteiger partial charge in [0.15, 0.2) is 0 Å². The highest BCUT2D eigenvalue weighted by atomic mass is 16.6. The topological polar surface area (TPSA) is 86.7 Å². The molecule has 0 amide bonds. The number of hydrogen-bond acceptors (Lipinski definition) is 6. The molecule has 0 spiro atoms. The lowest BCUT2D eigenvalue weighted by Gasteiger charge is -1.96. The van der Waals surface area contributed by atoms with E-state index in [2.05, 4.69) is 22.6 Å². The fraction of sp³-hybridized carbons (Fsp3) is 0.333. The average Bonchev–Trinajstić information content (AvgIpc) is 2.16. The highest BCUT2D eigenvalue weighted by Gasteiger charge is 2.05. The van der Waals surface area contributed by atoms with Crippen molar-refractivity contribution in [3.8, 4) is 0 Å². The zero-order valence-electron chi connectivity index (χ0n) is 10.4. The molecule has 0 aliphatic carbocycles. The van der Waals surface area contributed by atoms with E-state index in [1.54, 1.807) is 0 Å². The van der Waals surface area contributed by atoms with E-state index in [4.69, 9.17) is 0 Å². The molecule has 0 saturated heterocycles. The molecule has 0 aromatic heterocycles. The Balaban J connectivity index is 0. The van der Waals surface area contributed by atoms with E-state index in [0.717, 1.165) is 0 Å². The highest BCUT2D eigenvalue weighted by Crippen LogP contribution is 1.91. The SMILES string of the molecule is C=CCC(=O)OC(=O)CC=C.CC(=O)OC(C)=O. The van der Waals surface area contributed by atoms with Crippen LogP contribution in [0.4, 0.5) is 0 Å². The largest absolute Gasteiger partial charge is 0.394 e. The van der Waals surface area contributed by atoms with Crippen molar-refractivity contribution in [2.75, 3.05) is 0 Å². The van der Waals surface area contributed by atoms with Gasteiger partial charge in [-0.15, -0.1) is 13.2 Å². The lowest BCUT2D eigenvalue weighted by molar-refractivity contribution is -0.159. The molecule has 0 rings (SSSR count). The lowest BCUT2D eigenvalue weighted by atomic mass is 10.4. The predicted molar refractivity (Wildman–Crippen MR) is 63.2 cm³/mol. The van der Waals surface area contributed by atoms with Crippen molar-refractivity contribution in [3.05, 3.63) is 25.3 Å². The number of carbonyl (C=O) groups is 4. The second kappa shape index (κ2) is 11.3. The van der Waals surface area contributed by atoms with Crippen LogP contribution in [0.15, 0.2) is 25.3 Å². The summed E-state index contributed by atoms with van der Waals surface area (Å²) < 4.78 is 8.28. The Labute approximate surface area is 105 Å². The van der Waals surface area contributed by atoms with Gasteiger partial charge in [0.05, 0.1) is 12.8 Å². The molecule has 0 unspecified atom stereocenters. The number of rotatable bonds is 4. The molecular weight excluding hydrogens is 240 g/mol. The van der Waals surface area contributed by atoms with Crippen molar-refractivity contribution >= 4 is 23.9 Å². The van der Waals surface area contributed by atoms with Gasteiger partial charge >= 0.3 is 23.9 Å². The summed E-state index contributed by atoms with van der Waals surface area (Å²) in [7, 11) is 0. The monoisotopic (exact) mass is 256 g/mol. The van der Waals surface area contributed by atoms with E-state index in [1.165, 1.54) is 26.0 Å². The number of esters is 4. The van der Waals surface area contributed by atoms with Crippen LogP contribution in [0.25, 0.3) is 0 Å². The summed E-state index contributed by atoms with van der Waals surface area (Å²) >= 11 is 0. The molecule has 0 N–H and O–H groups in total. The van der Waals surface area contributed by atoms with Gasteiger partial charge in [-0.3, -0.25) is 19.2 Å². The molecule has 0 radical (unpaired) electrons. The van der Waals surface area contributed by atoms with Crippen molar-refractivity contribution in [3.63, 3.8) is 0 Å². The Morgan fingerprint density at radius 2 is 1.17 bits per heavy atom. The van der Waals surface area contributed by atoms with Crippen molar-refractivity contribution in [2.24, 2.45) is 0 Å². The Morgan fingerprint density at radius 1 is 0.833 bits per heavy atom. The van der Waals surface area contributed by atoms with Gasteiger partial charge in [-0.25, -0.2) is 0 Å². The maximum atomic E-state index is 10.6. The van der Waals surface area contributed by atoms with Crippen molar-refractivity contribution in [1.29, 1.82) is 0 Å². The second-order valence-corrected chi connectivity index (χ2v) is 2.92. The quantitative estimate of drug-likeness (QED) is 0.428. The minimum absolute atomic E-state index is 0.0584. The smallest absolute Gasteiger partial charge is 0.317 e. The van der Waals surface area contributed by atoms with Crippen LogP contribution >= 0.6 is 0 Å². The van der Waals surface area contributed by atoms with Gasteiger partial charge in [-0.05, 0) is 0 Å². The average molecular weight is 256 g/mol. The Kier molecular flexibility index (Phi) is 11.3. The predicted octanol–water partition coefficient (Wildman–Crippen LogP) is 1.30. The van der Waals surface area contributed by atoms with Gasteiger partial charge < -0.3 is 9.47 Å². The van der Waals surface area contributed by atoms with E-state index in [1.807, 2.05) is 0 Å². The fourth-order valence-corrected chi connectivity index (χ4v) is 0.648. The standard InChI is InChI=1S/C8H10O3.C4H6O3/c1-3-5-7(9)11-8(10)6-4-2;1-3(5)7-4(2)6/h3-4H,1-2,5-6H2;1-2H3. The third kappa shape index (κ3) is 16.2. The first-order chi connectivity index (χ1) is 8.33. The van der Waals surface area contributed by atoms with Gasteiger partial charge in [-0.1, -0.05) is 12.2 Å². The fourth-order valence-electron chi connectivity index (χ4n) is 0.648. The van der Waals surface area contributed by atoms with E-state index < -0.39 is 23.9 Å². The van der Waals surface area contributed by atoms with Gasteiger partial charge in [-0.2, -0.15) is 0 Å². The van der Waals surface area contributed by atoms with Gasteiger partial charge in [0.25, 0.3) is 0 Å². The first kappa shape index (κ1) is 18.1. The molecular formula is C12H16O6. The molecule has 0 saturated carbocycles. The third-order valence-electron chi connectivity index (χ3n) is 1.14. The molecule has 18 heavy (non-hydrogen) atoms. The maximum Gasteiger partial charge on any atom is 0.317 e. The Bertz CT molecular complexity index is 310. The van der Waals surface area contributed by atoms with Crippen LogP contribution in [0, 0.1) is 0 Å². The molecule has 0 aromatic rings. The molecule has 0 bridgehead atoms. The molecule has 0 fully saturated rings. The molecule has 0 atom stereocenters. The van der Waals surface area contributed by atoms with Crippen LogP contribution in [-0.2, 0) is 28.7 Å². The first-order valence-corrected chi connectivity index (χ1v) is 4.97. The highest BCUT2D eigenvalue weighted by molar-refractivity contribution is 5.86. The molecule has 0 aliphatic rings. The minimum atomic E-state index is -0.577. The zero-order valence-corrected chi connectivity index (χ0v) is 10.4. The molecule has 6 heteroatoms. The van der Waals surface area contributed by atoms with Crippen LogP contribution in [0.2, 0.25) is 0 Å². The maximum absolute atomic E-state index is 10.6. The summed E-state index contributed by atoms with van der Waals surface area (Å²) in [4.78, 5) is 40.8. The van der Waals surface area contributed by atoms with Crippen molar-refractivity contribution in [1.82, 2.24) is 0 Å². The molecule has 0 aromatic carbocycles. The molecule has 6 nitrogen and oxygen atoms in total. The van der Waals surface area contributed by atoms with Crippen molar-refractivity contribution in [2.45, 2.75) is 26.7 Å². The lowest BCUT2D eigenvalue weighted by Crippen LogP contribution is -2.09. The second-order valence-electron chi connectivity index (χ2n) is 2.92. The number of ether oxygens (including phenoxy) is 2. The van der Waals surface area contributed by atoms with E-state index in [-0.39, 0.29) is 12.8 Å². The minimum Gasteiger partial charge on any atom is -0.394 e. The number of hydrogen-bond donors (Lipinski definition) is 0. The molecule has 100 valence electrons. The van der Waals surface area contributed by atoms with Crippen LogP contribution in [0.3, 0.4) is 0 Å². The molecule has 0 aliphatic heterocycles. The van der Waals surface area contributed by atoms with Gasteiger partial charge in [0.2, 0.25) is 0 Å². The summed E-state index contributed by atoms with van der Waals surface area (Å²) in [5.74, 6) is -2.28. The molecule has 0 heterocycles. The van der Waals surface area contributed by atoms with E-state index >= 15 is 0 Å².